The Morgan fingerprint density at radius 3 is 2.55 bits per heavy atom. The van der Waals surface area contributed by atoms with Gasteiger partial charge in [0.1, 0.15) is 0 Å². The van der Waals surface area contributed by atoms with Crippen molar-refractivity contribution in [2.24, 2.45) is 46.3 Å². The van der Waals surface area contributed by atoms with E-state index < -0.39 is 0 Å². The van der Waals surface area contributed by atoms with Gasteiger partial charge in [0.05, 0.1) is 6.10 Å². The molecule has 0 spiro atoms. The van der Waals surface area contributed by atoms with Crippen LogP contribution in [0.1, 0.15) is 119 Å². The lowest BCUT2D eigenvalue weighted by Crippen LogP contribution is -2.51. The topological polar surface area (TPSA) is 9.23 Å². The normalized spacial score (nSPS) is 43.2. The molecular weight excluding hydrogens is 376 g/mol. The molecule has 0 aromatic rings. The van der Waals surface area contributed by atoms with Crippen LogP contribution in [0.5, 0.6) is 0 Å². The van der Waals surface area contributed by atoms with Crippen molar-refractivity contribution in [3.8, 4) is 0 Å². The molecule has 0 radical (unpaired) electrons. The molecule has 31 heavy (non-hydrogen) atoms. The molecular formula is C30H52O. The lowest BCUT2D eigenvalue weighted by atomic mass is 9.47. The summed E-state index contributed by atoms with van der Waals surface area (Å²) >= 11 is 0. The van der Waals surface area contributed by atoms with Gasteiger partial charge in [-0.05, 0) is 104 Å². The standard InChI is InChI=1S/C30H52O/c1-7-19-31-24-15-17-29(5)23(20-24)11-12-25-27-14-13-26(22(4)10-8-9-21(2)3)30(27,6)18-16-28(25)29/h11,21-22,24-28H,7-10,12-20H2,1-6H3/t22-,24+,25-,26+,27-,28-,29-,30+/m0/s1. The molecule has 0 amide bonds. The molecule has 4 rings (SSSR count). The van der Waals surface area contributed by atoms with Crippen LogP contribution < -0.4 is 0 Å². The molecule has 0 aromatic carbocycles. The van der Waals surface area contributed by atoms with E-state index in [1.54, 1.807) is 5.57 Å². The molecule has 0 saturated heterocycles. The van der Waals surface area contributed by atoms with Crippen molar-refractivity contribution in [2.45, 2.75) is 125 Å². The number of allylic oxidation sites excluding steroid dienone is 1. The second kappa shape index (κ2) is 9.52. The van der Waals surface area contributed by atoms with Gasteiger partial charge in [-0.2, -0.15) is 0 Å². The zero-order valence-electron chi connectivity index (χ0n) is 21.7. The van der Waals surface area contributed by atoms with Crippen LogP contribution in [0.25, 0.3) is 0 Å². The third-order valence-electron chi connectivity index (χ3n) is 10.8. The van der Waals surface area contributed by atoms with Crippen LogP contribution in [0.2, 0.25) is 0 Å². The van der Waals surface area contributed by atoms with E-state index in [2.05, 4.69) is 47.6 Å². The molecule has 0 N–H and O–H groups in total. The van der Waals surface area contributed by atoms with E-state index in [0.717, 1.165) is 48.5 Å². The third-order valence-corrected chi connectivity index (χ3v) is 10.8. The summed E-state index contributed by atoms with van der Waals surface area (Å²) in [5.41, 5.74) is 2.86. The van der Waals surface area contributed by atoms with Gasteiger partial charge in [-0.25, -0.2) is 0 Å². The van der Waals surface area contributed by atoms with Gasteiger partial charge in [0.25, 0.3) is 0 Å². The Morgan fingerprint density at radius 2 is 1.81 bits per heavy atom. The molecule has 178 valence electrons. The molecule has 0 bridgehead atoms. The van der Waals surface area contributed by atoms with Crippen LogP contribution in [-0.4, -0.2) is 12.7 Å². The molecule has 1 heteroatoms. The fraction of sp³-hybridized carbons (Fsp3) is 0.933. The largest absolute Gasteiger partial charge is 0.378 e. The molecule has 3 fully saturated rings. The minimum absolute atomic E-state index is 0.470. The van der Waals surface area contributed by atoms with Crippen molar-refractivity contribution in [1.29, 1.82) is 0 Å². The summed E-state index contributed by atoms with van der Waals surface area (Å²) in [6, 6.07) is 0. The Hall–Kier alpha value is -0.300. The molecule has 0 aliphatic heterocycles. The van der Waals surface area contributed by atoms with E-state index in [4.69, 9.17) is 4.74 Å². The lowest BCUT2D eigenvalue weighted by Gasteiger charge is -2.58. The first-order chi connectivity index (χ1) is 14.8. The number of fused-ring (bicyclic) bond motifs is 5. The van der Waals surface area contributed by atoms with E-state index in [0.29, 0.717) is 16.9 Å². The summed E-state index contributed by atoms with van der Waals surface area (Å²) in [6.45, 7) is 15.9. The summed E-state index contributed by atoms with van der Waals surface area (Å²) < 4.78 is 6.19. The maximum Gasteiger partial charge on any atom is 0.0612 e. The second-order valence-corrected chi connectivity index (χ2v) is 13.0. The fourth-order valence-electron chi connectivity index (χ4n) is 9.08. The van der Waals surface area contributed by atoms with Crippen molar-refractivity contribution in [3.05, 3.63) is 11.6 Å². The van der Waals surface area contributed by atoms with Crippen molar-refractivity contribution in [1.82, 2.24) is 0 Å². The summed E-state index contributed by atoms with van der Waals surface area (Å²) in [5.74, 6) is 5.62. The monoisotopic (exact) mass is 428 g/mol. The maximum atomic E-state index is 6.19. The van der Waals surface area contributed by atoms with Crippen molar-refractivity contribution in [3.63, 3.8) is 0 Å². The van der Waals surface area contributed by atoms with Crippen LogP contribution in [-0.2, 0) is 4.74 Å². The molecule has 3 saturated carbocycles. The lowest BCUT2D eigenvalue weighted by molar-refractivity contribution is -0.0638. The molecule has 0 unspecified atom stereocenters. The minimum atomic E-state index is 0.470. The third kappa shape index (κ3) is 4.43. The predicted molar refractivity (Wildman–Crippen MR) is 133 cm³/mol. The highest BCUT2D eigenvalue weighted by Crippen LogP contribution is 2.67. The van der Waals surface area contributed by atoms with Gasteiger partial charge in [0.2, 0.25) is 0 Å². The van der Waals surface area contributed by atoms with Gasteiger partial charge in [-0.15, -0.1) is 0 Å². The molecule has 0 heterocycles. The number of ether oxygens (including phenoxy) is 1. The summed E-state index contributed by atoms with van der Waals surface area (Å²) in [7, 11) is 0. The zero-order valence-corrected chi connectivity index (χ0v) is 21.7. The maximum absolute atomic E-state index is 6.19. The summed E-state index contributed by atoms with van der Waals surface area (Å²) in [4.78, 5) is 0. The number of rotatable bonds is 8. The van der Waals surface area contributed by atoms with Gasteiger partial charge in [0.15, 0.2) is 0 Å². The van der Waals surface area contributed by atoms with Crippen LogP contribution in [0.4, 0.5) is 0 Å². The first-order valence-corrected chi connectivity index (χ1v) is 14.1. The number of hydrogen-bond donors (Lipinski definition) is 0. The highest BCUT2D eigenvalue weighted by molar-refractivity contribution is 5.25. The fourth-order valence-corrected chi connectivity index (χ4v) is 9.08. The Kier molecular flexibility index (Phi) is 7.32. The van der Waals surface area contributed by atoms with E-state index in [1.807, 2.05) is 0 Å². The Balaban J connectivity index is 1.45. The first kappa shape index (κ1) is 23.8. The SMILES string of the molecule is CCCO[C@@H]1CC[C@@]2(C)C(=CC[C@H]3[C@@H]4CC[C@H]([C@@H](C)CCCC(C)C)[C@@]4(C)CC[C@@H]32)C1. The summed E-state index contributed by atoms with van der Waals surface area (Å²) in [6.07, 6.45) is 19.9. The van der Waals surface area contributed by atoms with Crippen molar-refractivity contribution >= 4 is 0 Å². The zero-order chi connectivity index (χ0) is 22.2. The van der Waals surface area contributed by atoms with Gasteiger partial charge < -0.3 is 4.74 Å². The average Bonchev–Trinajstić information content (AvgIpc) is 3.09. The Bertz CT molecular complexity index is 634. The minimum Gasteiger partial charge on any atom is -0.378 e. The highest BCUT2D eigenvalue weighted by atomic mass is 16.5. The Labute approximate surface area is 194 Å². The second-order valence-electron chi connectivity index (χ2n) is 13.0. The van der Waals surface area contributed by atoms with Crippen LogP contribution in [0, 0.1) is 46.3 Å². The molecule has 4 aliphatic rings. The molecule has 1 nitrogen and oxygen atoms in total. The van der Waals surface area contributed by atoms with Crippen LogP contribution in [0.15, 0.2) is 11.6 Å². The van der Waals surface area contributed by atoms with Crippen LogP contribution >= 0.6 is 0 Å². The molecule has 0 aromatic heterocycles. The highest BCUT2D eigenvalue weighted by Gasteiger charge is 2.59. The van der Waals surface area contributed by atoms with E-state index >= 15 is 0 Å². The van der Waals surface area contributed by atoms with Gasteiger partial charge >= 0.3 is 0 Å². The smallest absolute Gasteiger partial charge is 0.0612 e. The van der Waals surface area contributed by atoms with Gasteiger partial charge in [-0.1, -0.05) is 72.5 Å². The van der Waals surface area contributed by atoms with E-state index in [1.165, 1.54) is 70.6 Å². The van der Waals surface area contributed by atoms with Crippen molar-refractivity contribution in [2.75, 3.05) is 6.61 Å². The predicted octanol–water partition coefficient (Wildman–Crippen LogP) is 8.82. The first-order valence-electron chi connectivity index (χ1n) is 14.1. The van der Waals surface area contributed by atoms with Gasteiger partial charge in [0, 0.05) is 6.61 Å². The number of hydrogen-bond acceptors (Lipinski definition) is 1. The molecule has 4 aliphatic carbocycles. The van der Waals surface area contributed by atoms with E-state index in [-0.39, 0.29) is 0 Å². The van der Waals surface area contributed by atoms with Gasteiger partial charge in [-0.3, -0.25) is 0 Å². The van der Waals surface area contributed by atoms with Crippen LogP contribution in [0.3, 0.4) is 0 Å². The quantitative estimate of drug-likeness (QED) is 0.351. The Morgan fingerprint density at radius 1 is 1.00 bits per heavy atom. The van der Waals surface area contributed by atoms with E-state index in [9.17, 15) is 0 Å². The van der Waals surface area contributed by atoms with Crippen molar-refractivity contribution < 1.29 is 4.74 Å². The molecule has 8 atom stereocenters. The summed E-state index contributed by atoms with van der Waals surface area (Å²) in [5, 5.41) is 0. The average molecular weight is 429 g/mol.